The predicted octanol–water partition coefficient (Wildman–Crippen LogP) is 4.49. The average molecular weight is 345 g/mol. The quantitative estimate of drug-likeness (QED) is 0.799. The van der Waals surface area contributed by atoms with Gasteiger partial charge >= 0.3 is 6.18 Å². The highest BCUT2D eigenvalue weighted by Crippen LogP contribution is 2.32. The zero-order chi connectivity index (χ0) is 15.7. The summed E-state index contributed by atoms with van der Waals surface area (Å²) in [5, 5.41) is 2.49. The van der Waals surface area contributed by atoms with E-state index < -0.39 is 22.5 Å². The molecule has 1 aliphatic carbocycles. The summed E-state index contributed by atoms with van der Waals surface area (Å²) in [4.78, 5) is 4.38. The van der Waals surface area contributed by atoms with Crippen LogP contribution >= 0.6 is 11.3 Å². The third-order valence-corrected chi connectivity index (χ3v) is 5.84. The minimum Gasteiger partial charge on any atom is -0.259 e. The molecule has 1 aromatic carbocycles. The molecule has 0 radical (unpaired) electrons. The third kappa shape index (κ3) is 3.95. The number of hydrogen-bond donors (Lipinski definition) is 0. The van der Waals surface area contributed by atoms with Gasteiger partial charge in [0.15, 0.2) is 0 Å². The Labute approximate surface area is 132 Å². The third-order valence-electron chi connectivity index (χ3n) is 3.44. The van der Waals surface area contributed by atoms with Crippen molar-refractivity contribution in [2.45, 2.75) is 24.8 Å². The van der Waals surface area contributed by atoms with E-state index in [1.54, 1.807) is 0 Å². The van der Waals surface area contributed by atoms with Crippen LogP contribution in [0.2, 0.25) is 0 Å². The molecule has 7 heteroatoms. The molecule has 0 aliphatic heterocycles. The minimum atomic E-state index is -4.33. The van der Waals surface area contributed by atoms with Gasteiger partial charge in [-0.05, 0) is 30.9 Å². The van der Waals surface area contributed by atoms with Gasteiger partial charge in [-0.1, -0.05) is 12.1 Å². The van der Waals surface area contributed by atoms with Crippen molar-refractivity contribution in [2.75, 3.05) is 5.75 Å². The molecule has 1 atom stereocenters. The molecule has 118 valence electrons. The van der Waals surface area contributed by atoms with E-state index in [0.29, 0.717) is 22.2 Å². The maximum absolute atomic E-state index is 12.5. The zero-order valence-corrected chi connectivity index (χ0v) is 13.2. The van der Waals surface area contributed by atoms with Gasteiger partial charge in [0.2, 0.25) is 0 Å². The summed E-state index contributed by atoms with van der Waals surface area (Å²) in [6.07, 6.45) is -1.99. The molecule has 22 heavy (non-hydrogen) atoms. The van der Waals surface area contributed by atoms with Crippen molar-refractivity contribution in [2.24, 2.45) is 5.92 Å². The van der Waals surface area contributed by atoms with Gasteiger partial charge in [-0.3, -0.25) is 4.21 Å². The number of alkyl halides is 3. The van der Waals surface area contributed by atoms with Crippen LogP contribution in [0.1, 0.15) is 24.1 Å². The Morgan fingerprint density at radius 1 is 1.23 bits per heavy atom. The lowest BCUT2D eigenvalue weighted by Crippen LogP contribution is -2.04. The van der Waals surface area contributed by atoms with Gasteiger partial charge in [-0.25, -0.2) is 4.98 Å². The second-order valence-electron chi connectivity index (χ2n) is 5.41. The van der Waals surface area contributed by atoms with Gasteiger partial charge in [0.25, 0.3) is 0 Å². The minimum absolute atomic E-state index is 0.424. The highest BCUT2D eigenvalue weighted by Gasteiger charge is 2.30. The summed E-state index contributed by atoms with van der Waals surface area (Å²) in [6.45, 7) is 0. The number of halogens is 3. The van der Waals surface area contributed by atoms with Crippen LogP contribution in [0, 0.1) is 5.92 Å². The van der Waals surface area contributed by atoms with E-state index in [9.17, 15) is 17.4 Å². The summed E-state index contributed by atoms with van der Waals surface area (Å²) in [6, 6.07) is 4.96. The molecule has 2 aromatic rings. The first-order chi connectivity index (χ1) is 10.4. The van der Waals surface area contributed by atoms with Crippen molar-refractivity contribution < 1.29 is 17.4 Å². The van der Waals surface area contributed by atoms with Gasteiger partial charge < -0.3 is 0 Å². The molecule has 1 aromatic heterocycles. The predicted molar refractivity (Wildman–Crippen MR) is 82.0 cm³/mol. The maximum Gasteiger partial charge on any atom is 0.416 e. The van der Waals surface area contributed by atoms with Crippen LogP contribution in [0.4, 0.5) is 13.2 Å². The molecular weight excluding hydrogens is 331 g/mol. The number of thiazole rings is 1. The van der Waals surface area contributed by atoms with E-state index in [2.05, 4.69) is 4.98 Å². The van der Waals surface area contributed by atoms with E-state index in [0.717, 1.165) is 23.6 Å². The van der Waals surface area contributed by atoms with Crippen LogP contribution in [0.5, 0.6) is 0 Å². The van der Waals surface area contributed by atoms with Crippen LogP contribution in [0.15, 0.2) is 29.6 Å². The first kappa shape index (κ1) is 15.7. The maximum atomic E-state index is 12.5. The fourth-order valence-corrected chi connectivity index (χ4v) is 4.46. The second-order valence-corrected chi connectivity index (χ2v) is 7.77. The van der Waals surface area contributed by atoms with E-state index in [1.807, 2.05) is 5.38 Å². The molecule has 0 amide bonds. The fraction of sp³-hybridized carbons (Fsp3) is 0.400. The molecule has 1 fully saturated rings. The van der Waals surface area contributed by atoms with Gasteiger partial charge in [0.1, 0.15) is 5.01 Å². The summed E-state index contributed by atoms with van der Waals surface area (Å²) in [5.74, 6) is 1.76. The lowest BCUT2D eigenvalue weighted by molar-refractivity contribution is -0.137. The lowest BCUT2D eigenvalue weighted by Gasteiger charge is -2.06. The van der Waals surface area contributed by atoms with Gasteiger partial charge in [0.05, 0.1) is 17.0 Å². The van der Waals surface area contributed by atoms with Crippen molar-refractivity contribution >= 4 is 22.1 Å². The van der Waals surface area contributed by atoms with Crippen molar-refractivity contribution in [1.29, 1.82) is 0 Å². The standard InChI is InChI=1S/C15H14F3NOS2/c16-15(17,18)12-5-3-11(4-6-12)14-19-13(7-21-14)9-22(20)8-10-1-2-10/h3-7,10H,1-2,8-9H2. The first-order valence-electron chi connectivity index (χ1n) is 6.89. The number of rotatable bonds is 5. The summed E-state index contributed by atoms with van der Waals surface area (Å²) in [7, 11) is -0.902. The van der Waals surface area contributed by atoms with Gasteiger partial charge in [-0.15, -0.1) is 11.3 Å². The van der Waals surface area contributed by atoms with Gasteiger partial charge in [0, 0.05) is 27.5 Å². The van der Waals surface area contributed by atoms with Crippen molar-refractivity contribution in [3.63, 3.8) is 0 Å². The Bertz CT molecular complexity index is 675. The Kier molecular flexibility index (Phi) is 4.36. The monoisotopic (exact) mass is 345 g/mol. The molecule has 1 heterocycles. The van der Waals surface area contributed by atoms with E-state index in [1.165, 1.54) is 36.3 Å². The fourth-order valence-electron chi connectivity index (χ4n) is 2.08. The molecule has 0 N–H and O–H groups in total. The Morgan fingerprint density at radius 2 is 1.91 bits per heavy atom. The second kappa shape index (κ2) is 6.12. The number of hydrogen-bond acceptors (Lipinski definition) is 3. The van der Waals surface area contributed by atoms with E-state index >= 15 is 0 Å². The van der Waals surface area contributed by atoms with Crippen LogP contribution in [0.25, 0.3) is 10.6 Å². The molecular formula is C15H14F3NOS2. The topological polar surface area (TPSA) is 30.0 Å². The summed E-state index contributed by atoms with van der Waals surface area (Å²) in [5.41, 5.74) is 0.731. The molecule has 1 unspecified atom stereocenters. The summed E-state index contributed by atoms with van der Waals surface area (Å²) < 4.78 is 49.5. The highest BCUT2D eigenvalue weighted by molar-refractivity contribution is 7.84. The van der Waals surface area contributed by atoms with E-state index in [-0.39, 0.29) is 0 Å². The largest absolute Gasteiger partial charge is 0.416 e. The molecule has 0 saturated heterocycles. The summed E-state index contributed by atoms with van der Waals surface area (Å²) >= 11 is 1.37. The van der Waals surface area contributed by atoms with Crippen molar-refractivity contribution in [3.05, 3.63) is 40.9 Å². The molecule has 3 rings (SSSR count). The van der Waals surface area contributed by atoms with Crippen LogP contribution < -0.4 is 0 Å². The molecule has 2 nitrogen and oxygen atoms in total. The Hall–Kier alpha value is -1.21. The highest BCUT2D eigenvalue weighted by atomic mass is 32.2. The van der Waals surface area contributed by atoms with E-state index in [4.69, 9.17) is 0 Å². The molecule has 1 saturated carbocycles. The lowest BCUT2D eigenvalue weighted by atomic mass is 10.1. The number of aromatic nitrogens is 1. The van der Waals surface area contributed by atoms with Crippen LogP contribution in [-0.4, -0.2) is 14.9 Å². The number of benzene rings is 1. The number of nitrogens with zero attached hydrogens (tertiary/aromatic N) is 1. The van der Waals surface area contributed by atoms with Gasteiger partial charge in [-0.2, -0.15) is 13.2 Å². The zero-order valence-electron chi connectivity index (χ0n) is 11.6. The van der Waals surface area contributed by atoms with Crippen LogP contribution in [-0.2, 0) is 22.7 Å². The SMILES string of the molecule is O=S(Cc1csc(-c2ccc(C(F)(F)F)cc2)n1)CC1CC1. The Balaban J connectivity index is 1.68. The molecule has 0 spiro atoms. The Morgan fingerprint density at radius 3 is 2.50 bits per heavy atom. The molecule has 1 aliphatic rings. The van der Waals surface area contributed by atoms with Crippen LogP contribution in [0.3, 0.4) is 0 Å². The average Bonchev–Trinajstić information content (AvgIpc) is 3.14. The first-order valence-corrected chi connectivity index (χ1v) is 9.25. The normalized spacial score (nSPS) is 16.7. The molecule has 0 bridgehead atoms. The smallest absolute Gasteiger partial charge is 0.259 e. The van der Waals surface area contributed by atoms with Crippen molar-refractivity contribution in [3.8, 4) is 10.6 Å². The van der Waals surface area contributed by atoms with Crippen molar-refractivity contribution in [1.82, 2.24) is 4.98 Å².